The van der Waals surface area contributed by atoms with Gasteiger partial charge in [-0.3, -0.25) is 0 Å². The number of hydrogen-bond acceptors (Lipinski definition) is 4. The first-order chi connectivity index (χ1) is 12.6. The Morgan fingerprint density at radius 2 is 2.04 bits per heavy atom. The third-order valence-electron chi connectivity index (χ3n) is 5.02. The topological polar surface area (TPSA) is 60.3 Å². The maximum absolute atomic E-state index is 13.5. The predicted octanol–water partition coefficient (Wildman–Crippen LogP) is 3.10. The maximum atomic E-state index is 13.5. The second kappa shape index (κ2) is 6.45. The van der Waals surface area contributed by atoms with Crippen LogP contribution in [0.4, 0.5) is 0 Å². The van der Waals surface area contributed by atoms with Crippen molar-refractivity contribution in [2.75, 3.05) is 13.7 Å². The summed E-state index contributed by atoms with van der Waals surface area (Å²) in [6.07, 6.45) is 3.34. The average molecular weight is 370 g/mol. The van der Waals surface area contributed by atoms with Crippen LogP contribution in [0.3, 0.4) is 0 Å². The van der Waals surface area contributed by atoms with Crippen LogP contribution in [0.5, 0.6) is 5.75 Å². The summed E-state index contributed by atoms with van der Waals surface area (Å²) >= 11 is 0. The number of methoxy groups -OCH3 is 1. The summed E-state index contributed by atoms with van der Waals surface area (Å²) in [7, 11) is -2.26. The lowest BCUT2D eigenvalue weighted by molar-refractivity contribution is 0.402. The van der Waals surface area contributed by atoms with E-state index in [1.165, 1.54) is 11.1 Å². The van der Waals surface area contributed by atoms with E-state index in [4.69, 9.17) is 4.74 Å². The van der Waals surface area contributed by atoms with Crippen LogP contribution in [-0.2, 0) is 29.4 Å². The molecule has 0 amide bonds. The van der Waals surface area contributed by atoms with Gasteiger partial charge in [0.05, 0.1) is 12.6 Å². The average Bonchev–Trinajstić information content (AvgIpc) is 2.92. The van der Waals surface area contributed by atoms with Crippen molar-refractivity contribution >= 4 is 20.9 Å². The van der Waals surface area contributed by atoms with Crippen molar-refractivity contribution in [2.45, 2.75) is 31.2 Å². The van der Waals surface area contributed by atoms with Gasteiger partial charge in [0.1, 0.15) is 10.6 Å². The summed E-state index contributed by atoms with van der Waals surface area (Å²) in [5.74, 6) is 0.371. The number of nitrogens with one attached hydrogen (secondary N) is 1. The lowest BCUT2D eigenvalue weighted by Crippen LogP contribution is -2.16. The van der Waals surface area contributed by atoms with Crippen molar-refractivity contribution < 1.29 is 13.2 Å². The molecule has 6 heteroatoms. The molecule has 1 aromatic heterocycles. The number of rotatable bonds is 4. The Balaban J connectivity index is 1.99. The molecule has 0 spiro atoms. The molecule has 0 fully saturated rings. The highest BCUT2D eigenvalue weighted by Gasteiger charge is 2.26. The zero-order valence-electron chi connectivity index (χ0n) is 15.0. The molecular formula is C20H22N2O3S. The van der Waals surface area contributed by atoms with Gasteiger partial charge in [-0.1, -0.05) is 25.1 Å². The lowest BCUT2D eigenvalue weighted by atomic mass is 10.1. The van der Waals surface area contributed by atoms with Crippen LogP contribution in [0.2, 0.25) is 0 Å². The number of nitrogens with zero attached hydrogens (tertiary/aromatic N) is 1. The molecule has 1 N–H and O–H groups in total. The minimum atomic E-state index is -3.76. The summed E-state index contributed by atoms with van der Waals surface area (Å²) in [5, 5.41) is 4.43. The number of ether oxygens (including phenoxy) is 1. The third-order valence-corrected chi connectivity index (χ3v) is 6.71. The molecular weight excluding hydrogens is 348 g/mol. The number of benzene rings is 2. The second-order valence-electron chi connectivity index (χ2n) is 6.53. The molecule has 136 valence electrons. The second-order valence-corrected chi connectivity index (χ2v) is 8.32. The molecule has 0 unspecified atom stereocenters. The highest BCUT2D eigenvalue weighted by Crippen LogP contribution is 2.33. The molecule has 0 radical (unpaired) electrons. The third kappa shape index (κ3) is 2.61. The highest BCUT2D eigenvalue weighted by atomic mass is 32.2. The van der Waals surface area contributed by atoms with Gasteiger partial charge in [0.15, 0.2) is 0 Å². The monoisotopic (exact) mass is 370 g/mol. The Labute approximate surface area is 153 Å². The molecule has 26 heavy (non-hydrogen) atoms. The molecule has 5 nitrogen and oxygen atoms in total. The smallest absolute Gasteiger partial charge is 0.271 e. The van der Waals surface area contributed by atoms with Gasteiger partial charge in [0.25, 0.3) is 10.0 Å². The number of hydrogen-bond donors (Lipinski definition) is 1. The highest BCUT2D eigenvalue weighted by molar-refractivity contribution is 7.90. The van der Waals surface area contributed by atoms with E-state index in [1.54, 1.807) is 18.3 Å². The van der Waals surface area contributed by atoms with Crippen molar-refractivity contribution in [3.05, 3.63) is 59.3 Å². The van der Waals surface area contributed by atoms with Crippen LogP contribution in [0.15, 0.2) is 47.5 Å². The largest absolute Gasteiger partial charge is 0.495 e. The van der Waals surface area contributed by atoms with Crippen LogP contribution in [0.1, 0.15) is 23.6 Å². The van der Waals surface area contributed by atoms with Crippen molar-refractivity contribution in [2.24, 2.45) is 0 Å². The SMILES string of the molecule is CCc1ccc(OC)c(S(=O)(=O)n2cc3c4c(cccc42)CNCC3)c1. The first-order valence-corrected chi connectivity index (χ1v) is 10.2. The fraction of sp³-hybridized carbons (Fsp3) is 0.300. The molecule has 1 aliphatic heterocycles. The quantitative estimate of drug-likeness (QED) is 0.767. The molecule has 2 heterocycles. The molecule has 3 aromatic rings. The normalized spacial score (nSPS) is 14.4. The van der Waals surface area contributed by atoms with Crippen molar-refractivity contribution in [3.63, 3.8) is 0 Å². The molecule has 0 bridgehead atoms. The Morgan fingerprint density at radius 3 is 2.81 bits per heavy atom. The minimum absolute atomic E-state index is 0.211. The molecule has 0 saturated heterocycles. The van der Waals surface area contributed by atoms with Gasteiger partial charge < -0.3 is 10.1 Å². The zero-order valence-corrected chi connectivity index (χ0v) is 15.8. The Kier molecular flexibility index (Phi) is 4.25. The van der Waals surface area contributed by atoms with E-state index >= 15 is 0 Å². The van der Waals surface area contributed by atoms with E-state index < -0.39 is 10.0 Å². The Hall–Kier alpha value is -2.31. The zero-order chi connectivity index (χ0) is 18.3. The summed E-state index contributed by atoms with van der Waals surface area (Å²) < 4.78 is 33.8. The Bertz CT molecular complexity index is 1080. The van der Waals surface area contributed by atoms with Crippen LogP contribution >= 0.6 is 0 Å². The van der Waals surface area contributed by atoms with Crippen molar-refractivity contribution in [1.82, 2.24) is 9.29 Å². The van der Waals surface area contributed by atoms with Gasteiger partial charge in [-0.15, -0.1) is 0 Å². The van der Waals surface area contributed by atoms with E-state index in [2.05, 4.69) is 11.4 Å². The maximum Gasteiger partial charge on any atom is 0.271 e. The molecule has 0 atom stereocenters. The standard InChI is InChI=1S/C20H22N2O3S/c1-3-14-7-8-18(25-2)19(11-14)26(23,24)22-13-16-9-10-21-12-15-5-4-6-17(22)20(15)16/h4-8,11,13,21H,3,9-10,12H2,1-2H3. The summed E-state index contributed by atoms with van der Waals surface area (Å²) in [4.78, 5) is 0.211. The molecule has 2 aromatic carbocycles. The van der Waals surface area contributed by atoms with E-state index in [1.807, 2.05) is 25.1 Å². The van der Waals surface area contributed by atoms with Gasteiger partial charge in [0.2, 0.25) is 0 Å². The lowest BCUT2D eigenvalue weighted by Gasteiger charge is -2.13. The summed E-state index contributed by atoms with van der Waals surface area (Å²) in [6, 6.07) is 11.2. The Morgan fingerprint density at radius 1 is 1.19 bits per heavy atom. The molecule has 1 aliphatic rings. The molecule has 0 aliphatic carbocycles. The van der Waals surface area contributed by atoms with Crippen LogP contribution in [-0.4, -0.2) is 26.0 Å². The van der Waals surface area contributed by atoms with E-state index in [-0.39, 0.29) is 4.90 Å². The summed E-state index contributed by atoms with van der Waals surface area (Å²) in [5.41, 5.74) is 3.89. The van der Waals surface area contributed by atoms with Crippen molar-refractivity contribution in [1.29, 1.82) is 0 Å². The summed E-state index contributed by atoms with van der Waals surface area (Å²) in [6.45, 7) is 3.60. The fourth-order valence-corrected chi connectivity index (χ4v) is 5.24. The molecule has 0 saturated carbocycles. The van der Waals surface area contributed by atoms with Crippen LogP contribution < -0.4 is 10.1 Å². The minimum Gasteiger partial charge on any atom is -0.495 e. The predicted molar refractivity (Wildman–Crippen MR) is 102 cm³/mol. The molecule has 4 rings (SSSR count). The van der Waals surface area contributed by atoms with Crippen molar-refractivity contribution in [3.8, 4) is 5.75 Å². The van der Waals surface area contributed by atoms with Gasteiger partial charge in [0, 0.05) is 18.1 Å². The van der Waals surface area contributed by atoms with Gasteiger partial charge in [-0.05, 0) is 54.3 Å². The fourth-order valence-electron chi connectivity index (χ4n) is 3.65. The van der Waals surface area contributed by atoms with Gasteiger partial charge in [-0.2, -0.15) is 0 Å². The van der Waals surface area contributed by atoms with Gasteiger partial charge in [-0.25, -0.2) is 12.4 Å². The number of aromatic nitrogens is 1. The number of aryl methyl sites for hydroxylation is 1. The van der Waals surface area contributed by atoms with Gasteiger partial charge >= 0.3 is 0 Å². The van der Waals surface area contributed by atoms with E-state index in [0.717, 1.165) is 53.5 Å². The van der Waals surface area contributed by atoms with E-state index in [9.17, 15) is 8.42 Å². The first kappa shape index (κ1) is 17.1. The van der Waals surface area contributed by atoms with Crippen LogP contribution in [0.25, 0.3) is 10.9 Å². The van der Waals surface area contributed by atoms with E-state index in [0.29, 0.717) is 5.75 Å². The van der Waals surface area contributed by atoms with Crippen LogP contribution in [0, 0.1) is 0 Å². The first-order valence-electron chi connectivity index (χ1n) is 8.81.